The average molecular weight is 452 g/mol. The van der Waals surface area contributed by atoms with E-state index in [1.54, 1.807) is 24.3 Å². The Balaban J connectivity index is 1.84. The monoisotopic (exact) mass is 451 g/mol. The number of hydrogen-bond acceptors (Lipinski definition) is 5. The number of ether oxygens (including phenoxy) is 1. The third-order valence-corrected chi connectivity index (χ3v) is 5.64. The molecule has 1 unspecified atom stereocenters. The van der Waals surface area contributed by atoms with E-state index in [2.05, 4.69) is 0 Å². The Morgan fingerprint density at radius 2 is 1.91 bits per heavy atom. The van der Waals surface area contributed by atoms with Gasteiger partial charge in [0.25, 0.3) is 11.7 Å². The summed E-state index contributed by atoms with van der Waals surface area (Å²) in [5, 5.41) is 11.4. The number of aliphatic hydroxyl groups excluding tert-OH is 1. The van der Waals surface area contributed by atoms with E-state index in [1.165, 1.54) is 17.2 Å². The molecule has 1 amide bonds. The number of nitrogens with zero attached hydrogens (tertiary/aromatic N) is 1. The minimum atomic E-state index is -0.772. The maximum atomic E-state index is 13.1. The van der Waals surface area contributed by atoms with E-state index in [1.807, 2.05) is 38.1 Å². The highest BCUT2D eigenvalue weighted by Gasteiger charge is 2.46. The van der Waals surface area contributed by atoms with E-state index >= 15 is 0 Å². The second-order valence-corrected chi connectivity index (χ2v) is 7.90. The van der Waals surface area contributed by atoms with Crippen molar-refractivity contribution in [2.75, 3.05) is 6.61 Å². The fraction of sp³-hybridized carbons (Fsp3) is 0.200. The minimum absolute atomic E-state index is 0.00522. The summed E-state index contributed by atoms with van der Waals surface area (Å²) in [5.41, 5.74) is 2.08. The highest BCUT2D eigenvalue weighted by molar-refractivity contribution is 6.46. The Bertz CT molecular complexity index is 1180. The molecule has 1 N–H and O–H groups in total. The van der Waals surface area contributed by atoms with E-state index in [0.717, 1.165) is 5.56 Å². The molecule has 164 valence electrons. The molecule has 7 heteroatoms. The molecule has 0 radical (unpaired) electrons. The second kappa shape index (κ2) is 8.93. The summed E-state index contributed by atoms with van der Waals surface area (Å²) in [7, 11) is 0. The topological polar surface area (TPSA) is 80.0 Å². The van der Waals surface area contributed by atoms with Gasteiger partial charge < -0.3 is 19.2 Å². The van der Waals surface area contributed by atoms with Gasteiger partial charge in [0.1, 0.15) is 17.3 Å². The number of halogens is 1. The fourth-order valence-electron chi connectivity index (χ4n) is 3.79. The number of ketones is 1. The first kappa shape index (κ1) is 21.7. The van der Waals surface area contributed by atoms with Crippen LogP contribution >= 0.6 is 11.6 Å². The maximum Gasteiger partial charge on any atom is 0.296 e. The van der Waals surface area contributed by atoms with Gasteiger partial charge in [-0.05, 0) is 49.7 Å². The van der Waals surface area contributed by atoms with Crippen LogP contribution in [0.3, 0.4) is 0 Å². The summed E-state index contributed by atoms with van der Waals surface area (Å²) in [6.45, 7) is 4.32. The summed E-state index contributed by atoms with van der Waals surface area (Å²) in [6, 6.07) is 14.9. The van der Waals surface area contributed by atoms with Crippen LogP contribution < -0.4 is 4.74 Å². The molecule has 4 rings (SSSR count). The molecular formula is C25H22ClNO5. The van der Waals surface area contributed by atoms with Crippen molar-refractivity contribution in [2.45, 2.75) is 26.4 Å². The quantitative estimate of drug-likeness (QED) is 0.314. The number of carbonyl (C=O) groups is 2. The number of aliphatic hydroxyl groups is 1. The van der Waals surface area contributed by atoms with Crippen LogP contribution in [-0.4, -0.2) is 28.3 Å². The van der Waals surface area contributed by atoms with Gasteiger partial charge in [0.2, 0.25) is 0 Å². The van der Waals surface area contributed by atoms with Crippen LogP contribution in [0.4, 0.5) is 0 Å². The molecule has 3 aromatic rings. The first-order chi connectivity index (χ1) is 15.4. The molecule has 0 aliphatic carbocycles. The maximum absolute atomic E-state index is 13.1. The van der Waals surface area contributed by atoms with Crippen molar-refractivity contribution in [1.29, 1.82) is 0 Å². The van der Waals surface area contributed by atoms with Crippen LogP contribution in [-0.2, 0) is 16.1 Å². The zero-order valence-electron chi connectivity index (χ0n) is 17.7. The van der Waals surface area contributed by atoms with E-state index in [9.17, 15) is 14.7 Å². The number of Topliss-reactive ketones (excluding diaryl/α,β-unsaturated/α-hetero) is 1. The smallest absolute Gasteiger partial charge is 0.296 e. The normalized spacial score (nSPS) is 17.7. The van der Waals surface area contributed by atoms with Crippen LogP contribution in [0.15, 0.2) is 70.9 Å². The zero-order valence-corrected chi connectivity index (χ0v) is 18.4. The Labute approximate surface area is 190 Å². The zero-order chi connectivity index (χ0) is 22.8. The van der Waals surface area contributed by atoms with Crippen molar-refractivity contribution in [2.24, 2.45) is 0 Å². The van der Waals surface area contributed by atoms with Crippen LogP contribution in [0.25, 0.3) is 5.76 Å². The van der Waals surface area contributed by atoms with Crippen molar-refractivity contribution < 1.29 is 23.8 Å². The SMILES string of the molecule is CCOc1ccc(/C(O)=C2\C(=O)C(=O)N(Cc3ccco3)C2c2ccc(C)cc2)cc1Cl. The van der Waals surface area contributed by atoms with Gasteiger partial charge in [-0.2, -0.15) is 0 Å². The molecule has 2 heterocycles. The number of aryl methyl sites for hydroxylation is 1. The number of benzene rings is 2. The third kappa shape index (κ3) is 4.01. The van der Waals surface area contributed by atoms with Gasteiger partial charge in [-0.1, -0.05) is 41.4 Å². The number of furan rings is 1. The van der Waals surface area contributed by atoms with E-state index in [0.29, 0.717) is 34.3 Å². The van der Waals surface area contributed by atoms with Crippen molar-refractivity contribution in [1.82, 2.24) is 4.90 Å². The summed E-state index contributed by atoms with van der Waals surface area (Å²) in [5.74, 6) is -0.747. The molecule has 0 bridgehead atoms. The molecular weight excluding hydrogens is 430 g/mol. The summed E-state index contributed by atoms with van der Waals surface area (Å²) in [6.07, 6.45) is 1.51. The lowest BCUT2D eigenvalue weighted by Gasteiger charge is -2.24. The Morgan fingerprint density at radius 3 is 2.53 bits per heavy atom. The summed E-state index contributed by atoms with van der Waals surface area (Å²) < 4.78 is 10.8. The highest BCUT2D eigenvalue weighted by Crippen LogP contribution is 2.41. The lowest BCUT2D eigenvalue weighted by molar-refractivity contribution is -0.140. The first-order valence-corrected chi connectivity index (χ1v) is 10.6. The highest BCUT2D eigenvalue weighted by atomic mass is 35.5. The van der Waals surface area contributed by atoms with Crippen LogP contribution in [0.1, 0.15) is 35.4 Å². The second-order valence-electron chi connectivity index (χ2n) is 7.50. The lowest BCUT2D eigenvalue weighted by atomic mass is 9.94. The molecule has 32 heavy (non-hydrogen) atoms. The van der Waals surface area contributed by atoms with E-state index in [-0.39, 0.29) is 17.9 Å². The molecule has 1 saturated heterocycles. The Morgan fingerprint density at radius 1 is 1.16 bits per heavy atom. The molecule has 2 aromatic carbocycles. The van der Waals surface area contributed by atoms with Crippen LogP contribution in [0, 0.1) is 6.92 Å². The number of hydrogen-bond donors (Lipinski definition) is 1. The van der Waals surface area contributed by atoms with Crippen molar-refractivity contribution in [3.8, 4) is 5.75 Å². The predicted molar refractivity (Wildman–Crippen MR) is 120 cm³/mol. The van der Waals surface area contributed by atoms with Gasteiger partial charge in [-0.3, -0.25) is 9.59 Å². The van der Waals surface area contributed by atoms with Gasteiger partial charge in [-0.15, -0.1) is 0 Å². The molecule has 1 aliphatic rings. The molecule has 1 fully saturated rings. The first-order valence-electron chi connectivity index (χ1n) is 10.2. The largest absolute Gasteiger partial charge is 0.507 e. The number of amides is 1. The minimum Gasteiger partial charge on any atom is -0.507 e. The van der Waals surface area contributed by atoms with Gasteiger partial charge in [-0.25, -0.2) is 0 Å². The Kier molecular flexibility index (Phi) is 6.06. The average Bonchev–Trinajstić information content (AvgIpc) is 3.38. The van der Waals surface area contributed by atoms with Gasteiger partial charge in [0.15, 0.2) is 0 Å². The van der Waals surface area contributed by atoms with Gasteiger partial charge >= 0.3 is 0 Å². The molecule has 6 nitrogen and oxygen atoms in total. The van der Waals surface area contributed by atoms with Crippen molar-refractivity contribution >= 4 is 29.1 Å². The van der Waals surface area contributed by atoms with Crippen LogP contribution in [0.5, 0.6) is 5.75 Å². The van der Waals surface area contributed by atoms with Gasteiger partial charge in [0, 0.05) is 5.56 Å². The van der Waals surface area contributed by atoms with Crippen molar-refractivity contribution in [3.63, 3.8) is 0 Å². The number of rotatable bonds is 6. The van der Waals surface area contributed by atoms with Crippen molar-refractivity contribution in [3.05, 3.63) is 93.9 Å². The molecule has 0 saturated carbocycles. The number of likely N-dealkylation sites (tertiary alicyclic amines) is 1. The predicted octanol–water partition coefficient (Wildman–Crippen LogP) is 5.26. The van der Waals surface area contributed by atoms with Crippen LogP contribution in [0.2, 0.25) is 5.02 Å². The molecule has 1 aliphatic heterocycles. The molecule has 1 aromatic heterocycles. The summed E-state index contributed by atoms with van der Waals surface area (Å²) in [4.78, 5) is 27.5. The standard InChI is InChI=1S/C25H22ClNO5/c1-3-31-20-11-10-17(13-19(20)26)23(28)21-22(16-8-6-15(2)7-9-16)27(25(30)24(21)29)14-18-5-4-12-32-18/h4-13,22,28H,3,14H2,1-2H3/b23-21+. The van der Waals surface area contributed by atoms with Gasteiger partial charge in [0.05, 0.1) is 36.1 Å². The molecule has 0 spiro atoms. The lowest BCUT2D eigenvalue weighted by Crippen LogP contribution is -2.29. The fourth-order valence-corrected chi connectivity index (χ4v) is 4.02. The Hall–Kier alpha value is -3.51. The third-order valence-electron chi connectivity index (χ3n) is 5.34. The molecule has 1 atom stereocenters. The van der Waals surface area contributed by atoms with E-state index in [4.69, 9.17) is 20.8 Å². The summed E-state index contributed by atoms with van der Waals surface area (Å²) >= 11 is 6.28. The van der Waals surface area contributed by atoms with E-state index < -0.39 is 17.7 Å². The number of carbonyl (C=O) groups excluding carboxylic acids is 2.